The van der Waals surface area contributed by atoms with Crippen molar-refractivity contribution in [2.24, 2.45) is 5.92 Å². The summed E-state index contributed by atoms with van der Waals surface area (Å²) in [6.07, 6.45) is 0. The maximum absolute atomic E-state index is 12.8. The zero-order valence-corrected chi connectivity index (χ0v) is 23.5. The predicted octanol–water partition coefficient (Wildman–Crippen LogP) is 6.75. The number of amides is 2. The molecule has 0 fully saturated rings. The minimum atomic E-state index is -0.448. The predicted molar refractivity (Wildman–Crippen MR) is 150 cm³/mol. The van der Waals surface area contributed by atoms with Gasteiger partial charge in [0.1, 0.15) is 5.82 Å². The van der Waals surface area contributed by atoms with Crippen molar-refractivity contribution < 1.29 is 9.59 Å². The molecule has 0 saturated heterocycles. The highest BCUT2D eigenvalue weighted by molar-refractivity contribution is 7.99. The standard InChI is InChI=1S/C24H21Cl3N6O2S2/c1-12(2)20(30-22(35)16-8-7-15(26)9-17(16)27)21-31-24(33-32-21)37-11-19(34)29-23-28-18(10-36-23)13-3-5-14(25)6-4-13/h3-10,12,20H,11H2,1-2H3,(H,30,35)(H,28,29,34)(H,31,32,33)/t20-/m1/s1. The van der Waals surface area contributed by atoms with Gasteiger partial charge in [0.05, 0.1) is 28.1 Å². The number of carbonyl (C=O) groups is 2. The van der Waals surface area contributed by atoms with E-state index in [0.717, 1.165) is 11.3 Å². The van der Waals surface area contributed by atoms with Gasteiger partial charge >= 0.3 is 0 Å². The Balaban J connectivity index is 1.34. The van der Waals surface area contributed by atoms with E-state index in [1.54, 1.807) is 24.3 Å². The van der Waals surface area contributed by atoms with Gasteiger partial charge in [0.15, 0.2) is 5.13 Å². The molecule has 0 aliphatic heterocycles. The number of carbonyl (C=O) groups excluding carboxylic acids is 2. The molecule has 0 aliphatic carbocycles. The first kappa shape index (κ1) is 27.4. The molecule has 0 unspecified atom stereocenters. The lowest BCUT2D eigenvalue weighted by molar-refractivity contribution is -0.113. The average molecular weight is 596 g/mol. The second kappa shape index (κ2) is 12.3. The van der Waals surface area contributed by atoms with Crippen molar-refractivity contribution in [3.05, 3.63) is 74.3 Å². The summed E-state index contributed by atoms with van der Waals surface area (Å²) in [5.41, 5.74) is 1.97. The van der Waals surface area contributed by atoms with E-state index in [1.807, 2.05) is 31.4 Å². The SMILES string of the molecule is CC(C)[C@@H](NC(=O)c1ccc(Cl)cc1Cl)c1nc(SCC(=O)Nc2nc(-c3ccc(Cl)cc3)cs2)n[nH]1. The monoisotopic (exact) mass is 594 g/mol. The van der Waals surface area contributed by atoms with E-state index in [2.05, 4.69) is 30.8 Å². The molecule has 0 spiro atoms. The van der Waals surface area contributed by atoms with E-state index in [1.165, 1.54) is 29.2 Å². The van der Waals surface area contributed by atoms with E-state index < -0.39 is 6.04 Å². The number of benzene rings is 2. The molecule has 4 rings (SSSR count). The molecule has 0 saturated carbocycles. The molecular formula is C24H21Cl3N6O2S2. The fourth-order valence-corrected chi connectivity index (χ4v) is 5.24. The first-order chi connectivity index (χ1) is 17.7. The lowest BCUT2D eigenvalue weighted by atomic mass is 10.0. The smallest absolute Gasteiger partial charge is 0.253 e. The van der Waals surface area contributed by atoms with Crippen LogP contribution in [-0.2, 0) is 4.79 Å². The molecule has 37 heavy (non-hydrogen) atoms. The average Bonchev–Trinajstić information content (AvgIpc) is 3.51. The van der Waals surface area contributed by atoms with Crippen LogP contribution in [-0.4, -0.2) is 37.7 Å². The van der Waals surface area contributed by atoms with Gasteiger partial charge in [-0.25, -0.2) is 9.97 Å². The third-order valence-corrected chi connectivity index (χ3v) is 7.53. The van der Waals surface area contributed by atoms with Crippen LogP contribution in [0.5, 0.6) is 0 Å². The zero-order chi connectivity index (χ0) is 26.5. The number of anilines is 1. The molecule has 3 N–H and O–H groups in total. The summed E-state index contributed by atoms with van der Waals surface area (Å²) in [5, 5.41) is 16.9. The topological polar surface area (TPSA) is 113 Å². The Bertz CT molecular complexity index is 1410. The van der Waals surface area contributed by atoms with E-state index in [-0.39, 0.29) is 28.5 Å². The van der Waals surface area contributed by atoms with Gasteiger partial charge in [0.25, 0.3) is 5.91 Å². The highest BCUT2D eigenvalue weighted by Crippen LogP contribution is 2.27. The first-order valence-electron chi connectivity index (χ1n) is 11.0. The molecule has 2 amide bonds. The molecule has 8 nitrogen and oxygen atoms in total. The molecule has 0 radical (unpaired) electrons. The maximum atomic E-state index is 12.8. The Morgan fingerprint density at radius 1 is 1.05 bits per heavy atom. The molecule has 2 aromatic heterocycles. The molecule has 2 heterocycles. The van der Waals surface area contributed by atoms with Crippen LogP contribution in [0.4, 0.5) is 5.13 Å². The number of H-pyrrole nitrogens is 1. The molecule has 13 heteroatoms. The van der Waals surface area contributed by atoms with Crippen molar-refractivity contribution in [3.8, 4) is 11.3 Å². The third-order valence-electron chi connectivity index (χ3n) is 5.13. The highest BCUT2D eigenvalue weighted by Gasteiger charge is 2.24. The first-order valence-corrected chi connectivity index (χ1v) is 14.0. The van der Waals surface area contributed by atoms with Gasteiger partial charge in [-0.1, -0.05) is 72.5 Å². The molecule has 0 aliphatic rings. The number of thioether (sulfide) groups is 1. The van der Waals surface area contributed by atoms with E-state index in [4.69, 9.17) is 34.8 Å². The van der Waals surface area contributed by atoms with Crippen LogP contribution in [0.25, 0.3) is 11.3 Å². The number of nitrogens with zero attached hydrogens (tertiary/aromatic N) is 3. The third kappa shape index (κ3) is 7.24. The van der Waals surface area contributed by atoms with E-state index >= 15 is 0 Å². The zero-order valence-electron chi connectivity index (χ0n) is 19.6. The van der Waals surface area contributed by atoms with E-state index in [0.29, 0.717) is 31.7 Å². The van der Waals surface area contributed by atoms with Crippen LogP contribution in [0.2, 0.25) is 15.1 Å². The van der Waals surface area contributed by atoms with Crippen molar-refractivity contribution in [1.82, 2.24) is 25.5 Å². The minimum Gasteiger partial charge on any atom is -0.342 e. The summed E-state index contributed by atoms with van der Waals surface area (Å²) in [7, 11) is 0. The molecule has 0 bridgehead atoms. The summed E-state index contributed by atoms with van der Waals surface area (Å²) in [5.74, 6) is -0.0226. The number of hydrogen-bond donors (Lipinski definition) is 3. The normalized spacial score (nSPS) is 11.9. The van der Waals surface area contributed by atoms with Crippen molar-refractivity contribution >= 4 is 74.8 Å². The fraction of sp³-hybridized carbons (Fsp3) is 0.208. The number of hydrogen-bond acceptors (Lipinski definition) is 7. The summed E-state index contributed by atoms with van der Waals surface area (Å²) in [4.78, 5) is 34.2. The van der Waals surface area contributed by atoms with Gasteiger partial charge < -0.3 is 10.6 Å². The lowest BCUT2D eigenvalue weighted by Gasteiger charge is -2.20. The fourth-order valence-electron chi connectivity index (χ4n) is 3.27. The number of rotatable bonds is 9. The lowest BCUT2D eigenvalue weighted by Crippen LogP contribution is -2.32. The van der Waals surface area contributed by atoms with Crippen molar-refractivity contribution in [1.29, 1.82) is 0 Å². The Labute approximate surface area is 236 Å². The van der Waals surface area contributed by atoms with Gasteiger partial charge in [-0.2, -0.15) is 0 Å². The second-order valence-electron chi connectivity index (χ2n) is 8.20. The van der Waals surface area contributed by atoms with Crippen molar-refractivity contribution in [3.63, 3.8) is 0 Å². The molecule has 1 atom stereocenters. The number of nitrogens with one attached hydrogen (secondary N) is 3. The summed E-state index contributed by atoms with van der Waals surface area (Å²) in [6, 6.07) is 11.6. The van der Waals surface area contributed by atoms with Crippen LogP contribution in [0.15, 0.2) is 53.0 Å². The van der Waals surface area contributed by atoms with Crippen LogP contribution in [0.1, 0.15) is 36.1 Å². The largest absolute Gasteiger partial charge is 0.342 e. The molecule has 4 aromatic rings. The van der Waals surface area contributed by atoms with E-state index in [9.17, 15) is 9.59 Å². The van der Waals surface area contributed by atoms with Gasteiger partial charge in [-0.3, -0.25) is 14.7 Å². The van der Waals surface area contributed by atoms with Gasteiger partial charge in [0.2, 0.25) is 11.1 Å². The molecule has 2 aromatic carbocycles. The number of aromatic nitrogens is 4. The van der Waals surface area contributed by atoms with Crippen molar-refractivity contribution in [2.75, 3.05) is 11.1 Å². The summed E-state index contributed by atoms with van der Waals surface area (Å²) < 4.78 is 0. The highest BCUT2D eigenvalue weighted by atomic mass is 35.5. The van der Waals surface area contributed by atoms with Gasteiger partial charge in [-0.15, -0.1) is 16.4 Å². The van der Waals surface area contributed by atoms with Crippen LogP contribution >= 0.6 is 57.9 Å². The number of thiazole rings is 1. The Kier molecular flexibility index (Phi) is 9.09. The Morgan fingerprint density at radius 3 is 2.49 bits per heavy atom. The molecular weight excluding hydrogens is 575 g/mol. The number of halogens is 3. The quantitative estimate of drug-likeness (QED) is 0.185. The summed E-state index contributed by atoms with van der Waals surface area (Å²) >= 11 is 20.5. The Morgan fingerprint density at radius 2 is 1.78 bits per heavy atom. The van der Waals surface area contributed by atoms with Crippen molar-refractivity contribution in [2.45, 2.75) is 25.0 Å². The molecule has 192 valence electrons. The summed E-state index contributed by atoms with van der Waals surface area (Å²) in [6.45, 7) is 3.90. The second-order valence-corrected chi connectivity index (χ2v) is 11.3. The van der Waals surface area contributed by atoms with Gasteiger partial charge in [0, 0.05) is 21.0 Å². The number of aromatic amines is 1. The van der Waals surface area contributed by atoms with Gasteiger partial charge in [-0.05, 0) is 36.2 Å². The van der Waals surface area contributed by atoms with Crippen LogP contribution in [0.3, 0.4) is 0 Å². The Hall–Kier alpha value is -2.63. The van der Waals surface area contributed by atoms with Crippen LogP contribution in [0, 0.1) is 5.92 Å². The maximum Gasteiger partial charge on any atom is 0.253 e. The minimum absolute atomic E-state index is 0.00358. The van der Waals surface area contributed by atoms with Crippen LogP contribution < -0.4 is 10.6 Å².